The minimum absolute atomic E-state index is 0.0737. The zero-order valence-electron chi connectivity index (χ0n) is 17.8. The average molecular weight is 444 g/mol. The van der Waals surface area contributed by atoms with Gasteiger partial charge in [-0.3, -0.25) is 4.79 Å². The molecular formula is C19H29N3O7S. The lowest BCUT2D eigenvalue weighted by Crippen LogP contribution is -2.53. The molecule has 11 heteroatoms. The molecule has 168 valence electrons. The third kappa shape index (κ3) is 6.07. The van der Waals surface area contributed by atoms with Crippen molar-refractivity contribution in [2.24, 2.45) is 0 Å². The van der Waals surface area contributed by atoms with E-state index in [9.17, 15) is 23.1 Å². The molecule has 1 aliphatic heterocycles. The molecule has 3 N–H and O–H groups in total. The number of amides is 2. The summed E-state index contributed by atoms with van der Waals surface area (Å²) in [5, 5.41) is 15.0. The molecule has 1 aliphatic rings. The Bertz CT molecular complexity index is 901. The van der Waals surface area contributed by atoms with E-state index in [0.29, 0.717) is 13.2 Å². The van der Waals surface area contributed by atoms with Gasteiger partial charge in [0.25, 0.3) is 0 Å². The van der Waals surface area contributed by atoms with Crippen molar-refractivity contribution in [1.29, 1.82) is 0 Å². The van der Waals surface area contributed by atoms with E-state index in [0.717, 1.165) is 0 Å². The number of ether oxygens (including phenoxy) is 2. The molecule has 2 rings (SSSR count). The highest BCUT2D eigenvalue weighted by Gasteiger charge is 2.33. The molecule has 2 amide bonds. The highest BCUT2D eigenvalue weighted by atomic mass is 32.2. The zero-order chi connectivity index (χ0) is 22.7. The van der Waals surface area contributed by atoms with Gasteiger partial charge in [0.15, 0.2) is 0 Å². The molecule has 1 saturated heterocycles. The van der Waals surface area contributed by atoms with Crippen LogP contribution in [0.1, 0.15) is 34.6 Å². The number of phenolic OH excluding ortho intramolecular Hbond substituents is 1. The summed E-state index contributed by atoms with van der Waals surface area (Å²) in [6.45, 7) is 9.02. The van der Waals surface area contributed by atoms with E-state index in [2.05, 4.69) is 10.6 Å². The van der Waals surface area contributed by atoms with Crippen LogP contribution in [-0.4, -0.2) is 67.3 Å². The van der Waals surface area contributed by atoms with Crippen molar-refractivity contribution in [3.8, 4) is 5.75 Å². The molecule has 1 aromatic carbocycles. The van der Waals surface area contributed by atoms with Crippen molar-refractivity contribution < 1.29 is 32.6 Å². The summed E-state index contributed by atoms with van der Waals surface area (Å²) in [5.41, 5.74) is -2.22. The van der Waals surface area contributed by atoms with Gasteiger partial charge in [0.1, 0.15) is 16.9 Å². The van der Waals surface area contributed by atoms with Gasteiger partial charge in [-0.25, -0.2) is 13.2 Å². The Labute approximate surface area is 176 Å². The van der Waals surface area contributed by atoms with Crippen LogP contribution in [0.3, 0.4) is 0 Å². The SMILES string of the molecule is CC(C)(C)OC(=O)NC(C)(C)C(=O)Nc1cc(S(=O)(=O)N2CCOCC2)ccc1O. The van der Waals surface area contributed by atoms with Crippen molar-refractivity contribution in [2.45, 2.75) is 50.7 Å². The smallest absolute Gasteiger partial charge is 0.408 e. The number of phenols is 1. The summed E-state index contributed by atoms with van der Waals surface area (Å²) >= 11 is 0. The highest BCUT2D eigenvalue weighted by Crippen LogP contribution is 2.29. The number of benzene rings is 1. The number of hydrogen-bond donors (Lipinski definition) is 3. The lowest BCUT2D eigenvalue weighted by molar-refractivity contribution is -0.121. The standard InChI is InChI=1S/C19H29N3O7S/c1-18(2,3)29-17(25)21-19(4,5)16(24)20-14-12-13(6-7-15(14)23)30(26,27)22-8-10-28-11-9-22/h6-7,12,23H,8-11H2,1-5H3,(H,20,24)(H,21,25). The van der Waals surface area contributed by atoms with Crippen molar-refractivity contribution in [1.82, 2.24) is 9.62 Å². The number of sulfonamides is 1. The Balaban J connectivity index is 2.18. The van der Waals surface area contributed by atoms with Crippen LogP contribution in [0.2, 0.25) is 0 Å². The third-order valence-corrected chi connectivity index (χ3v) is 6.10. The van der Waals surface area contributed by atoms with Gasteiger partial charge in [-0.05, 0) is 52.8 Å². The van der Waals surface area contributed by atoms with Crippen LogP contribution in [0, 0.1) is 0 Å². The van der Waals surface area contributed by atoms with E-state index in [4.69, 9.17) is 9.47 Å². The van der Waals surface area contributed by atoms with E-state index in [-0.39, 0.29) is 29.4 Å². The van der Waals surface area contributed by atoms with Crippen molar-refractivity contribution >= 4 is 27.7 Å². The first kappa shape index (κ1) is 23.9. The maximum Gasteiger partial charge on any atom is 0.408 e. The average Bonchev–Trinajstić information content (AvgIpc) is 2.61. The molecule has 0 aromatic heterocycles. The maximum atomic E-state index is 12.8. The number of nitrogens with one attached hydrogen (secondary N) is 2. The number of alkyl carbamates (subject to hydrolysis) is 1. The molecule has 0 unspecified atom stereocenters. The molecule has 10 nitrogen and oxygen atoms in total. The van der Waals surface area contributed by atoms with Gasteiger partial charge in [0.05, 0.1) is 23.8 Å². The lowest BCUT2D eigenvalue weighted by atomic mass is 10.0. The molecule has 1 aromatic rings. The fourth-order valence-electron chi connectivity index (χ4n) is 2.61. The predicted molar refractivity (Wildman–Crippen MR) is 110 cm³/mol. The van der Waals surface area contributed by atoms with Crippen molar-refractivity contribution in [3.05, 3.63) is 18.2 Å². The van der Waals surface area contributed by atoms with Crippen LogP contribution < -0.4 is 10.6 Å². The molecular weight excluding hydrogens is 414 g/mol. The molecule has 0 aliphatic carbocycles. The number of carbonyl (C=O) groups is 2. The minimum atomic E-state index is -3.81. The minimum Gasteiger partial charge on any atom is -0.506 e. The lowest BCUT2D eigenvalue weighted by Gasteiger charge is -2.28. The van der Waals surface area contributed by atoms with Crippen molar-refractivity contribution in [2.75, 3.05) is 31.6 Å². The molecule has 0 atom stereocenters. The second-order valence-corrected chi connectivity index (χ2v) is 10.3. The summed E-state index contributed by atoms with van der Waals surface area (Å²) in [4.78, 5) is 24.6. The Morgan fingerprint density at radius 2 is 1.73 bits per heavy atom. The number of carbonyl (C=O) groups excluding carboxylic acids is 2. The Kier molecular flexibility index (Phi) is 7.00. The number of anilines is 1. The van der Waals surface area contributed by atoms with Gasteiger partial charge in [0.2, 0.25) is 15.9 Å². The Hall–Kier alpha value is -2.37. The van der Waals surface area contributed by atoms with Crippen LogP contribution in [-0.2, 0) is 24.3 Å². The molecule has 0 bridgehead atoms. The van der Waals surface area contributed by atoms with E-state index in [1.54, 1.807) is 20.8 Å². The van der Waals surface area contributed by atoms with Gasteiger partial charge in [0, 0.05) is 13.1 Å². The Morgan fingerprint density at radius 1 is 1.13 bits per heavy atom. The molecule has 0 saturated carbocycles. The molecule has 0 spiro atoms. The van der Waals surface area contributed by atoms with Gasteiger partial charge in [-0.1, -0.05) is 0 Å². The maximum absolute atomic E-state index is 12.8. The van der Waals surface area contributed by atoms with E-state index in [1.807, 2.05) is 0 Å². The topological polar surface area (TPSA) is 134 Å². The molecule has 0 radical (unpaired) electrons. The molecule has 30 heavy (non-hydrogen) atoms. The highest BCUT2D eigenvalue weighted by molar-refractivity contribution is 7.89. The fourth-order valence-corrected chi connectivity index (χ4v) is 4.04. The first-order valence-corrected chi connectivity index (χ1v) is 10.9. The number of aromatic hydroxyl groups is 1. The summed E-state index contributed by atoms with van der Waals surface area (Å²) in [6.07, 6.45) is -0.782. The first-order chi connectivity index (χ1) is 13.7. The van der Waals surface area contributed by atoms with Crippen LogP contribution in [0.5, 0.6) is 5.75 Å². The van der Waals surface area contributed by atoms with E-state index < -0.39 is 33.2 Å². The van der Waals surface area contributed by atoms with E-state index >= 15 is 0 Å². The number of nitrogens with zero attached hydrogens (tertiary/aromatic N) is 1. The molecule has 1 fully saturated rings. The largest absolute Gasteiger partial charge is 0.506 e. The number of rotatable bonds is 5. The van der Waals surface area contributed by atoms with Crippen LogP contribution >= 0.6 is 0 Å². The fraction of sp³-hybridized carbons (Fsp3) is 0.579. The van der Waals surface area contributed by atoms with Crippen LogP contribution in [0.25, 0.3) is 0 Å². The number of morpholine rings is 1. The normalized spacial score (nSPS) is 16.0. The zero-order valence-corrected chi connectivity index (χ0v) is 18.6. The second kappa shape index (κ2) is 8.78. The first-order valence-electron chi connectivity index (χ1n) is 9.46. The molecule has 1 heterocycles. The summed E-state index contributed by atoms with van der Waals surface area (Å²) < 4.78 is 37.2. The van der Waals surface area contributed by atoms with Gasteiger partial charge in [-0.15, -0.1) is 0 Å². The van der Waals surface area contributed by atoms with Gasteiger partial charge >= 0.3 is 6.09 Å². The Morgan fingerprint density at radius 3 is 2.30 bits per heavy atom. The summed E-state index contributed by atoms with van der Waals surface area (Å²) in [5.74, 6) is -0.970. The monoisotopic (exact) mass is 443 g/mol. The summed E-state index contributed by atoms with van der Waals surface area (Å²) in [7, 11) is -3.81. The predicted octanol–water partition coefficient (Wildman–Crippen LogP) is 1.65. The van der Waals surface area contributed by atoms with Gasteiger partial charge in [-0.2, -0.15) is 4.31 Å². The van der Waals surface area contributed by atoms with Gasteiger partial charge < -0.3 is 25.2 Å². The van der Waals surface area contributed by atoms with Crippen molar-refractivity contribution in [3.63, 3.8) is 0 Å². The van der Waals surface area contributed by atoms with Crippen LogP contribution in [0.4, 0.5) is 10.5 Å². The van der Waals surface area contributed by atoms with Crippen LogP contribution in [0.15, 0.2) is 23.1 Å². The summed E-state index contributed by atoms with van der Waals surface area (Å²) in [6, 6.07) is 3.64. The number of hydrogen-bond acceptors (Lipinski definition) is 7. The third-order valence-electron chi connectivity index (χ3n) is 4.21. The van der Waals surface area contributed by atoms with E-state index in [1.165, 1.54) is 36.4 Å². The second-order valence-electron chi connectivity index (χ2n) is 8.40. The quantitative estimate of drug-likeness (QED) is 0.589.